The first-order chi connectivity index (χ1) is 16.7. The van der Waals surface area contributed by atoms with Crippen molar-refractivity contribution < 1.29 is 19.1 Å². The second-order valence-corrected chi connectivity index (χ2v) is 8.70. The number of carbonyl (C=O) groups is 2. The summed E-state index contributed by atoms with van der Waals surface area (Å²) in [6.45, 7) is 9.59. The molecule has 8 nitrogen and oxygen atoms in total. The Balaban J connectivity index is 1.66. The molecule has 2 aromatic carbocycles. The maximum Gasteiger partial charge on any atom is 0.240 e. The molecule has 2 aromatic rings. The average Bonchev–Trinajstić information content (AvgIpc) is 2.81. The monoisotopic (exact) mass is 480 g/mol. The summed E-state index contributed by atoms with van der Waals surface area (Å²) in [6, 6.07) is 15.4. The third kappa shape index (κ3) is 11.8. The Labute approximate surface area is 207 Å². The lowest BCUT2D eigenvalue weighted by molar-refractivity contribution is -0.121. The van der Waals surface area contributed by atoms with Crippen LogP contribution >= 0.6 is 0 Å². The molecule has 0 radical (unpaired) electrons. The highest BCUT2D eigenvalue weighted by molar-refractivity contribution is 6.29. The van der Waals surface area contributed by atoms with Gasteiger partial charge in [0.05, 0.1) is 24.1 Å². The van der Waals surface area contributed by atoms with Gasteiger partial charge < -0.3 is 9.47 Å². The number of nitrogens with one attached hydrogen (secondary N) is 2. The Morgan fingerprint density at radius 3 is 1.63 bits per heavy atom. The predicted octanol–water partition coefficient (Wildman–Crippen LogP) is 4.42. The fraction of sp³-hybridized carbons (Fsp3) is 0.407. The molecule has 0 aliphatic rings. The Bertz CT molecular complexity index is 997. The van der Waals surface area contributed by atoms with Gasteiger partial charge in [-0.05, 0) is 82.9 Å². The van der Waals surface area contributed by atoms with Crippen molar-refractivity contribution in [2.75, 3.05) is 0 Å². The van der Waals surface area contributed by atoms with Gasteiger partial charge >= 0.3 is 0 Å². The molecule has 188 valence electrons. The van der Waals surface area contributed by atoms with Gasteiger partial charge in [-0.1, -0.05) is 24.3 Å². The van der Waals surface area contributed by atoms with Crippen LogP contribution in [0.3, 0.4) is 0 Å². The first-order valence-corrected chi connectivity index (χ1v) is 11.9. The van der Waals surface area contributed by atoms with E-state index < -0.39 is 0 Å². The normalized spacial score (nSPS) is 11.7. The first-order valence-electron chi connectivity index (χ1n) is 11.9. The number of benzene rings is 2. The van der Waals surface area contributed by atoms with Crippen molar-refractivity contribution in [1.29, 1.82) is 0 Å². The molecular weight excluding hydrogens is 444 g/mol. The molecule has 2 rings (SSSR count). The van der Waals surface area contributed by atoms with Crippen molar-refractivity contribution in [3.05, 3.63) is 59.7 Å². The van der Waals surface area contributed by atoms with Gasteiger partial charge in [0.15, 0.2) is 0 Å². The Hall–Kier alpha value is -3.68. The molecule has 8 heteroatoms. The molecule has 0 unspecified atom stereocenters. The number of carbonyl (C=O) groups excluding carboxylic acids is 2. The van der Waals surface area contributed by atoms with Crippen LogP contribution in [0.15, 0.2) is 58.7 Å². The van der Waals surface area contributed by atoms with Crippen LogP contribution in [-0.2, 0) is 22.4 Å². The number of amides is 2. The standard InChI is InChI=1S/C27H36N4O4/c1-19(2)34-24-12-6-22(7-13-24)10-16-26(32)30-28-18-21(5)29-31-27(33)17-11-23-8-14-25(15-9-23)35-20(3)4/h6-9,12-15,18-20H,10-11,16-17H2,1-5H3,(H,30,32)(H,31,33). The van der Waals surface area contributed by atoms with Gasteiger partial charge in [-0.3, -0.25) is 9.59 Å². The van der Waals surface area contributed by atoms with E-state index in [1.165, 1.54) is 6.21 Å². The fourth-order valence-corrected chi connectivity index (χ4v) is 3.02. The number of ether oxygens (including phenoxy) is 2. The summed E-state index contributed by atoms with van der Waals surface area (Å²) in [4.78, 5) is 24.0. The van der Waals surface area contributed by atoms with E-state index in [1.54, 1.807) is 6.92 Å². The molecule has 2 amide bonds. The minimum atomic E-state index is -0.203. The van der Waals surface area contributed by atoms with E-state index in [0.717, 1.165) is 22.6 Å². The van der Waals surface area contributed by atoms with Crippen molar-refractivity contribution in [3.8, 4) is 11.5 Å². The molecule has 0 fully saturated rings. The van der Waals surface area contributed by atoms with E-state index in [9.17, 15) is 9.59 Å². The second kappa shape index (κ2) is 14.6. The summed E-state index contributed by atoms with van der Waals surface area (Å²) in [7, 11) is 0. The van der Waals surface area contributed by atoms with Crippen LogP contribution in [0.2, 0.25) is 0 Å². The summed E-state index contributed by atoms with van der Waals surface area (Å²) in [6.07, 6.45) is 3.44. The number of hydrogen-bond acceptors (Lipinski definition) is 6. The van der Waals surface area contributed by atoms with E-state index in [4.69, 9.17) is 9.47 Å². The van der Waals surface area contributed by atoms with E-state index in [-0.39, 0.29) is 24.0 Å². The van der Waals surface area contributed by atoms with Gasteiger partial charge in [0.1, 0.15) is 11.5 Å². The minimum Gasteiger partial charge on any atom is -0.491 e. The molecule has 0 aromatic heterocycles. The van der Waals surface area contributed by atoms with Gasteiger partial charge in [-0.15, -0.1) is 0 Å². The zero-order valence-corrected chi connectivity index (χ0v) is 21.2. The Morgan fingerprint density at radius 2 is 1.20 bits per heavy atom. The molecule has 0 saturated heterocycles. The number of hydrogen-bond donors (Lipinski definition) is 2. The number of nitrogens with zero attached hydrogens (tertiary/aromatic N) is 2. The molecule has 0 spiro atoms. The maximum atomic E-state index is 12.0. The SMILES string of the molecule is CC(C=NNC(=O)CCc1ccc(OC(C)C)cc1)=NNC(=O)CCc1ccc(OC(C)C)cc1. The lowest BCUT2D eigenvalue weighted by Crippen LogP contribution is -2.21. The number of hydrazone groups is 2. The average molecular weight is 481 g/mol. The van der Waals surface area contributed by atoms with Crippen LogP contribution < -0.4 is 20.3 Å². The van der Waals surface area contributed by atoms with Crippen LogP contribution in [0.1, 0.15) is 58.6 Å². The van der Waals surface area contributed by atoms with Crippen molar-refractivity contribution in [2.24, 2.45) is 10.2 Å². The molecular formula is C27H36N4O4. The molecule has 0 bridgehead atoms. The van der Waals surface area contributed by atoms with Crippen LogP contribution in [-0.4, -0.2) is 35.9 Å². The lowest BCUT2D eigenvalue weighted by atomic mass is 10.1. The van der Waals surface area contributed by atoms with Crippen molar-refractivity contribution in [2.45, 2.75) is 72.5 Å². The van der Waals surface area contributed by atoms with Crippen molar-refractivity contribution in [3.63, 3.8) is 0 Å². The second-order valence-electron chi connectivity index (χ2n) is 8.70. The summed E-state index contributed by atoms with van der Waals surface area (Å²) in [5, 5.41) is 7.88. The van der Waals surface area contributed by atoms with Crippen LogP contribution in [0.4, 0.5) is 0 Å². The van der Waals surface area contributed by atoms with Crippen LogP contribution in [0, 0.1) is 0 Å². The molecule has 0 aliphatic heterocycles. The van der Waals surface area contributed by atoms with Crippen LogP contribution in [0.5, 0.6) is 11.5 Å². The highest BCUT2D eigenvalue weighted by atomic mass is 16.5. The van der Waals surface area contributed by atoms with Gasteiger partial charge in [0.2, 0.25) is 11.8 Å². The minimum absolute atomic E-state index is 0.123. The van der Waals surface area contributed by atoms with Gasteiger partial charge in [-0.25, -0.2) is 10.9 Å². The maximum absolute atomic E-state index is 12.0. The van der Waals surface area contributed by atoms with Gasteiger partial charge in [0, 0.05) is 12.8 Å². The van der Waals surface area contributed by atoms with E-state index >= 15 is 0 Å². The van der Waals surface area contributed by atoms with Crippen LogP contribution in [0.25, 0.3) is 0 Å². The van der Waals surface area contributed by atoms with Crippen molar-refractivity contribution >= 4 is 23.7 Å². The number of aryl methyl sites for hydroxylation is 2. The summed E-state index contributed by atoms with van der Waals surface area (Å²) in [5.74, 6) is 1.22. The summed E-state index contributed by atoms with van der Waals surface area (Å²) < 4.78 is 11.2. The topological polar surface area (TPSA) is 101 Å². The molecule has 2 N–H and O–H groups in total. The van der Waals surface area contributed by atoms with E-state index in [1.807, 2.05) is 76.2 Å². The number of rotatable bonds is 13. The molecule has 0 aliphatic carbocycles. The Morgan fingerprint density at radius 1 is 0.771 bits per heavy atom. The van der Waals surface area contributed by atoms with Gasteiger partial charge in [0.25, 0.3) is 0 Å². The van der Waals surface area contributed by atoms with Gasteiger partial charge in [-0.2, -0.15) is 10.2 Å². The highest BCUT2D eigenvalue weighted by Crippen LogP contribution is 2.15. The molecule has 0 heterocycles. The van der Waals surface area contributed by atoms with E-state index in [0.29, 0.717) is 31.4 Å². The van der Waals surface area contributed by atoms with Crippen molar-refractivity contribution in [1.82, 2.24) is 10.9 Å². The molecule has 35 heavy (non-hydrogen) atoms. The molecule has 0 atom stereocenters. The predicted molar refractivity (Wildman–Crippen MR) is 139 cm³/mol. The zero-order chi connectivity index (χ0) is 25.6. The summed E-state index contributed by atoms with van der Waals surface area (Å²) >= 11 is 0. The third-order valence-electron chi connectivity index (χ3n) is 4.67. The quantitative estimate of drug-likeness (QED) is 0.327. The first kappa shape index (κ1) is 27.6. The van der Waals surface area contributed by atoms with E-state index in [2.05, 4.69) is 21.1 Å². The smallest absolute Gasteiger partial charge is 0.240 e. The lowest BCUT2D eigenvalue weighted by Gasteiger charge is -2.10. The molecule has 0 saturated carbocycles. The fourth-order valence-electron chi connectivity index (χ4n) is 3.02. The highest BCUT2D eigenvalue weighted by Gasteiger charge is 2.04. The Kier molecular flexibility index (Phi) is 11.5. The zero-order valence-electron chi connectivity index (χ0n) is 21.2. The summed E-state index contributed by atoms with van der Waals surface area (Å²) in [5.41, 5.74) is 7.53. The largest absolute Gasteiger partial charge is 0.491 e. The third-order valence-corrected chi connectivity index (χ3v) is 4.67.